The SMILES string of the molecule is Cc1ccc(N2CCCC(O)C2(C)C)cc1Br. The Hall–Kier alpha value is -0.540. The van der Waals surface area contributed by atoms with Gasteiger partial charge < -0.3 is 10.0 Å². The van der Waals surface area contributed by atoms with Gasteiger partial charge in [0.1, 0.15) is 0 Å². The third-order valence-electron chi connectivity index (χ3n) is 3.84. The van der Waals surface area contributed by atoms with Crippen LogP contribution in [-0.2, 0) is 0 Å². The molecule has 94 valence electrons. The minimum atomic E-state index is -0.253. The van der Waals surface area contributed by atoms with Crippen molar-refractivity contribution in [3.05, 3.63) is 28.2 Å². The van der Waals surface area contributed by atoms with Gasteiger partial charge in [0.05, 0.1) is 11.6 Å². The van der Waals surface area contributed by atoms with Crippen LogP contribution in [0.15, 0.2) is 22.7 Å². The number of aryl methyl sites for hydroxylation is 1. The third-order valence-corrected chi connectivity index (χ3v) is 4.69. The molecule has 1 aliphatic heterocycles. The minimum Gasteiger partial charge on any atom is -0.391 e. The molecule has 1 aromatic rings. The lowest BCUT2D eigenvalue weighted by molar-refractivity contribution is 0.0711. The van der Waals surface area contributed by atoms with Crippen LogP contribution in [0.4, 0.5) is 5.69 Å². The molecule has 2 rings (SSSR count). The van der Waals surface area contributed by atoms with Gasteiger partial charge in [-0.1, -0.05) is 22.0 Å². The van der Waals surface area contributed by atoms with E-state index in [9.17, 15) is 5.11 Å². The summed E-state index contributed by atoms with van der Waals surface area (Å²) < 4.78 is 1.13. The standard InChI is InChI=1S/C14H20BrNO/c1-10-6-7-11(9-12(10)15)16-8-4-5-13(17)14(16,2)3/h6-7,9,13,17H,4-5,8H2,1-3H3. The van der Waals surface area contributed by atoms with Gasteiger partial charge in [0.2, 0.25) is 0 Å². The Bertz CT molecular complexity index is 417. The lowest BCUT2D eigenvalue weighted by atomic mass is 9.86. The Balaban J connectivity index is 2.35. The lowest BCUT2D eigenvalue weighted by Gasteiger charge is -2.47. The number of nitrogens with zero attached hydrogens (tertiary/aromatic N) is 1. The van der Waals surface area contributed by atoms with E-state index in [1.807, 2.05) is 0 Å². The average Bonchev–Trinajstić information content (AvgIpc) is 2.26. The number of hydrogen-bond donors (Lipinski definition) is 1. The zero-order valence-electron chi connectivity index (χ0n) is 10.7. The molecule has 0 saturated carbocycles. The second-order valence-corrected chi connectivity index (χ2v) is 6.25. The fraction of sp³-hybridized carbons (Fsp3) is 0.571. The molecule has 1 aliphatic rings. The molecular weight excluding hydrogens is 278 g/mol. The van der Waals surface area contributed by atoms with Crippen molar-refractivity contribution in [2.75, 3.05) is 11.4 Å². The molecule has 1 N–H and O–H groups in total. The van der Waals surface area contributed by atoms with Crippen molar-refractivity contribution in [3.8, 4) is 0 Å². The van der Waals surface area contributed by atoms with Crippen LogP contribution in [-0.4, -0.2) is 23.3 Å². The molecule has 0 aromatic heterocycles. The molecule has 1 fully saturated rings. The number of aliphatic hydroxyl groups is 1. The summed E-state index contributed by atoms with van der Waals surface area (Å²) >= 11 is 3.58. The van der Waals surface area contributed by atoms with Crippen LogP contribution in [0.1, 0.15) is 32.3 Å². The van der Waals surface area contributed by atoms with E-state index in [1.165, 1.54) is 11.3 Å². The topological polar surface area (TPSA) is 23.5 Å². The van der Waals surface area contributed by atoms with Gasteiger partial charge in [-0.15, -0.1) is 0 Å². The second kappa shape index (κ2) is 4.62. The van der Waals surface area contributed by atoms with Crippen molar-refractivity contribution < 1.29 is 5.11 Å². The zero-order valence-corrected chi connectivity index (χ0v) is 12.3. The van der Waals surface area contributed by atoms with Crippen molar-refractivity contribution in [2.45, 2.75) is 45.3 Å². The van der Waals surface area contributed by atoms with Gasteiger partial charge in [-0.3, -0.25) is 0 Å². The smallest absolute Gasteiger partial charge is 0.0767 e. The summed E-state index contributed by atoms with van der Waals surface area (Å²) in [5.74, 6) is 0. The predicted octanol–water partition coefficient (Wildman–Crippen LogP) is 3.50. The average molecular weight is 298 g/mol. The van der Waals surface area contributed by atoms with Gasteiger partial charge in [0.25, 0.3) is 0 Å². The summed E-state index contributed by atoms with van der Waals surface area (Å²) in [7, 11) is 0. The highest BCUT2D eigenvalue weighted by Crippen LogP contribution is 2.34. The van der Waals surface area contributed by atoms with E-state index in [1.54, 1.807) is 0 Å². The minimum absolute atomic E-state index is 0.188. The van der Waals surface area contributed by atoms with Crippen molar-refractivity contribution in [1.29, 1.82) is 0 Å². The number of hydrogen-bond acceptors (Lipinski definition) is 2. The van der Waals surface area contributed by atoms with Crippen molar-refractivity contribution in [3.63, 3.8) is 0 Å². The van der Waals surface area contributed by atoms with Crippen LogP contribution >= 0.6 is 15.9 Å². The Morgan fingerprint density at radius 1 is 1.41 bits per heavy atom. The number of benzene rings is 1. The quantitative estimate of drug-likeness (QED) is 0.858. The highest BCUT2D eigenvalue weighted by atomic mass is 79.9. The van der Waals surface area contributed by atoms with Crippen LogP contribution in [0.3, 0.4) is 0 Å². The Morgan fingerprint density at radius 2 is 2.12 bits per heavy atom. The van der Waals surface area contributed by atoms with Crippen molar-refractivity contribution in [2.24, 2.45) is 0 Å². The van der Waals surface area contributed by atoms with Gasteiger partial charge >= 0.3 is 0 Å². The molecule has 1 unspecified atom stereocenters. The molecule has 1 aromatic carbocycles. The Kier molecular flexibility index (Phi) is 3.50. The van der Waals surface area contributed by atoms with Gasteiger partial charge in [0, 0.05) is 16.7 Å². The van der Waals surface area contributed by atoms with E-state index in [4.69, 9.17) is 0 Å². The first-order valence-electron chi connectivity index (χ1n) is 6.15. The summed E-state index contributed by atoms with van der Waals surface area (Å²) in [5, 5.41) is 10.1. The maximum absolute atomic E-state index is 10.1. The first-order valence-corrected chi connectivity index (χ1v) is 6.94. The van der Waals surface area contributed by atoms with E-state index in [-0.39, 0.29) is 11.6 Å². The van der Waals surface area contributed by atoms with Crippen molar-refractivity contribution in [1.82, 2.24) is 0 Å². The van der Waals surface area contributed by atoms with Crippen molar-refractivity contribution >= 4 is 21.6 Å². The summed E-state index contributed by atoms with van der Waals surface area (Å²) in [6.45, 7) is 7.33. The highest BCUT2D eigenvalue weighted by Gasteiger charge is 2.37. The van der Waals surface area contributed by atoms with Crippen LogP contribution in [0.25, 0.3) is 0 Å². The molecule has 3 heteroatoms. The van der Waals surface area contributed by atoms with E-state index in [0.717, 1.165) is 23.9 Å². The zero-order chi connectivity index (χ0) is 12.6. The summed E-state index contributed by atoms with van der Waals surface area (Å²) in [4.78, 5) is 2.31. The Morgan fingerprint density at radius 3 is 2.76 bits per heavy atom. The van der Waals surface area contributed by atoms with E-state index < -0.39 is 0 Å². The first kappa shape index (κ1) is 12.9. The van der Waals surface area contributed by atoms with Gasteiger partial charge in [-0.25, -0.2) is 0 Å². The molecule has 2 nitrogen and oxygen atoms in total. The molecule has 1 saturated heterocycles. The van der Waals surface area contributed by atoms with Gasteiger partial charge in [-0.05, 0) is 51.3 Å². The third kappa shape index (κ3) is 2.36. The number of rotatable bonds is 1. The second-order valence-electron chi connectivity index (χ2n) is 5.40. The number of halogens is 1. The van der Waals surface area contributed by atoms with Gasteiger partial charge in [-0.2, -0.15) is 0 Å². The summed E-state index contributed by atoms with van der Waals surface area (Å²) in [6.07, 6.45) is 1.70. The summed E-state index contributed by atoms with van der Waals surface area (Å²) in [5.41, 5.74) is 2.24. The molecule has 1 atom stereocenters. The largest absolute Gasteiger partial charge is 0.391 e. The molecule has 17 heavy (non-hydrogen) atoms. The molecule has 0 amide bonds. The Labute approximate surface area is 112 Å². The number of aliphatic hydroxyl groups excluding tert-OH is 1. The van der Waals surface area contributed by atoms with Crippen LogP contribution in [0.2, 0.25) is 0 Å². The van der Waals surface area contributed by atoms with Crippen LogP contribution < -0.4 is 4.90 Å². The first-order chi connectivity index (χ1) is 7.93. The fourth-order valence-electron chi connectivity index (χ4n) is 2.48. The monoisotopic (exact) mass is 297 g/mol. The summed E-state index contributed by atoms with van der Waals surface area (Å²) in [6, 6.07) is 6.41. The van der Waals surface area contributed by atoms with E-state index >= 15 is 0 Å². The highest BCUT2D eigenvalue weighted by molar-refractivity contribution is 9.10. The molecule has 1 heterocycles. The van der Waals surface area contributed by atoms with E-state index in [2.05, 4.69) is 59.8 Å². The maximum Gasteiger partial charge on any atom is 0.0767 e. The van der Waals surface area contributed by atoms with Crippen LogP contribution in [0, 0.1) is 6.92 Å². The normalized spacial score (nSPS) is 23.8. The fourth-order valence-corrected chi connectivity index (χ4v) is 2.84. The molecular formula is C14H20BrNO. The number of anilines is 1. The maximum atomic E-state index is 10.1. The van der Waals surface area contributed by atoms with E-state index in [0.29, 0.717) is 0 Å². The van der Waals surface area contributed by atoms with Crippen LogP contribution in [0.5, 0.6) is 0 Å². The molecule has 0 spiro atoms. The predicted molar refractivity (Wildman–Crippen MR) is 75.5 cm³/mol. The molecule has 0 bridgehead atoms. The van der Waals surface area contributed by atoms with Gasteiger partial charge in [0.15, 0.2) is 0 Å². The molecule has 0 radical (unpaired) electrons. The number of piperidine rings is 1. The lowest BCUT2D eigenvalue weighted by Crippen LogP contribution is -2.56. The molecule has 0 aliphatic carbocycles.